The molecule has 2 fully saturated rings. The minimum Gasteiger partial charge on any atom is -0.379 e. The molecule has 1 unspecified atom stereocenters. The van der Waals surface area contributed by atoms with Crippen molar-refractivity contribution in [3.63, 3.8) is 0 Å². The number of aromatic amines is 1. The number of primary amides is 1. The van der Waals surface area contributed by atoms with Gasteiger partial charge in [-0.05, 0) is 73.3 Å². The number of nitrogens with zero attached hydrogens (tertiary/aromatic N) is 5. The Morgan fingerprint density at radius 2 is 1.96 bits per heavy atom. The monoisotopic (exact) mass is 698 g/mol. The number of carbonyl (C=O) groups is 1. The lowest BCUT2D eigenvalue weighted by Gasteiger charge is -2.33. The smallest absolute Gasteiger partial charge is 0.239 e. The number of hydrogen-bond acceptors (Lipinski definition) is 8. The molecule has 2 aliphatic heterocycles. The number of halogens is 1. The van der Waals surface area contributed by atoms with Crippen molar-refractivity contribution in [3.05, 3.63) is 57.4 Å². The van der Waals surface area contributed by atoms with E-state index in [4.69, 9.17) is 15.5 Å². The minimum absolute atomic E-state index is 0.0398. The number of ether oxygens (including phenoxy) is 1. The van der Waals surface area contributed by atoms with E-state index >= 15 is 0 Å². The molecule has 1 aromatic carbocycles. The maximum atomic E-state index is 12.7. The highest BCUT2D eigenvalue weighted by Gasteiger charge is 2.31. The highest BCUT2D eigenvalue weighted by atomic mass is 79.9. The Hall–Kier alpha value is -3.30. The number of aryl methyl sites for hydroxylation is 2. The van der Waals surface area contributed by atoms with Crippen molar-refractivity contribution in [1.29, 1.82) is 0 Å². The number of pyridine rings is 1. The van der Waals surface area contributed by atoms with Crippen LogP contribution in [-0.2, 0) is 19.6 Å². The molecule has 4 aromatic rings. The molecule has 12 nitrogen and oxygen atoms in total. The van der Waals surface area contributed by atoms with Gasteiger partial charge in [0.05, 0.1) is 29.1 Å². The molecule has 5 heterocycles. The Balaban J connectivity index is 1.34. The topological polar surface area (TPSA) is 151 Å². The van der Waals surface area contributed by atoms with E-state index in [-0.39, 0.29) is 17.7 Å². The van der Waals surface area contributed by atoms with Crippen LogP contribution in [0.4, 0.5) is 5.69 Å². The number of benzene rings is 1. The summed E-state index contributed by atoms with van der Waals surface area (Å²) in [7, 11) is -3.24. The summed E-state index contributed by atoms with van der Waals surface area (Å²) in [5.74, 6) is 0.391. The van der Waals surface area contributed by atoms with Crippen molar-refractivity contribution < 1.29 is 17.9 Å². The summed E-state index contributed by atoms with van der Waals surface area (Å²) in [5, 5.41) is 3.54. The Morgan fingerprint density at radius 1 is 1.20 bits per heavy atom. The van der Waals surface area contributed by atoms with Crippen LogP contribution in [0.2, 0.25) is 0 Å². The number of aromatic nitrogens is 4. The Bertz CT molecular complexity index is 1860. The van der Waals surface area contributed by atoms with E-state index < -0.39 is 16.1 Å². The molecule has 2 atom stereocenters. The second-order valence-electron chi connectivity index (χ2n) is 11.8. The molecule has 0 spiro atoms. The number of fused-ring (bicyclic) bond motifs is 1. The molecule has 0 saturated carbocycles. The Morgan fingerprint density at radius 3 is 2.67 bits per heavy atom. The lowest BCUT2D eigenvalue weighted by molar-refractivity contribution is -0.125. The van der Waals surface area contributed by atoms with Crippen LogP contribution < -0.4 is 11.1 Å². The summed E-state index contributed by atoms with van der Waals surface area (Å²) in [5.41, 5.74) is 13.8. The number of morpholine rings is 1. The third-order valence-corrected chi connectivity index (χ3v) is 11.3. The molecule has 0 bridgehead atoms. The predicted octanol–water partition coefficient (Wildman–Crippen LogP) is 3.80. The zero-order chi connectivity index (χ0) is 32.0. The third kappa shape index (κ3) is 6.01. The van der Waals surface area contributed by atoms with Crippen LogP contribution in [0, 0.1) is 20.8 Å². The van der Waals surface area contributed by atoms with Gasteiger partial charge in [-0.25, -0.2) is 18.4 Å². The lowest BCUT2D eigenvalue weighted by atomic mass is 10.0. The van der Waals surface area contributed by atoms with E-state index in [0.717, 1.165) is 49.4 Å². The van der Waals surface area contributed by atoms with Crippen LogP contribution in [0.15, 0.2) is 34.9 Å². The van der Waals surface area contributed by atoms with E-state index in [9.17, 15) is 13.2 Å². The van der Waals surface area contributed by atoms with Gasteiger partial charge >= 0.3 is 0 Å². The van der Waals surface area contributed by atoms with Gasteiger partial charge in [0.25, 0.3) is 0 Å². The summed E-state index contributed by atoms with van der Waals surface area (Å²) in [4.78, 5) is 27.6. The average Bonchev–Trinajstić information content (AvgIpc) is 3.74. The van der Waals surface area contributed by atoms with Gasteiger partial charge in [0.15, 0.2) is 5.65 Å². The molecule has 3 aromatic heterocycles. The minimum atomic E-state index is -3.24. The standard InChI is InChI=1S/C31H39BrN8O4S/c1-5-45(42,43)39-9-8-22(17-39)35-26-24(32)16-34-31-27(26)36-30(37-31)23-14-19(3)40(20(23)4)25-15-21(7-6-18(25)2)28(29(33)41)38-10-12-44-13-11-38/h6-7,14-16,22,28H,5,8-13,17H2,1-4H3,(H2,33,41)(H2,34,35,36,37)/t22-,28?/m0/s1. The van der Waals surface area contributed by atoms with Crippen LogP contribution in [0.5, 0.6) is 0 Å². The van der Waals surface area contributed by atoms with Crippen molar-refractivity contribution in [3.8, 4) is 17.1 Å². The molecule has 6 rings (SSSR count). The van der Waals surface area contributed by atoms with Crippen LogP contribution in [0.25, 0.3) is 28.2 Å². The number of carbonyl (C=O) groups excluding carboxylic acids is 1. The zero-order valence-corrected chi connectivity index (χ0v) is 28.3. The van der Waals surface area contributed by atoms with E-state index in [1.54, 1.807) is 17.4 Å². The fourth-order valence-electron chi connectivity index (χ4n) is 6.49. The van der Waals surface area contributed by atoms with Gasteiger partial charge < -0.3 is 25.3 Å². The number of hydrogen-bond donors (Lipinski definition) is 3. The van der Waals surface area contributed by atoms with Gasteiger partial charge in [-0.3, -0.25) is 9.69 Å². The van der Waals surface area contributed by atoms with Crippen molar-refractivity contribution >= 4 is 48.7 Å². The third-order valence-electron chi connectivity index (χ3n) is 8.89. The first-order chi connectivity index (χ1) is 21.5. The number of nitrogens with two attached hydrogens (primary N) is 1. The van der Waals surface area contributed by atoms with Crippen LogP contribution >= 0.6 is 15.9 Å². The second kappa shape index (κ2) is 12.5. The second-order valence-corrected chi connectivity index (χ2v) is 14.9. The average molecular weight is 700 g/mol. The van der Waals surface area contributed by atoms with Gasteiger partial charge in [-0.2, -0.15) is 4.31 Å². The molecular weight excluding hydrogens is 660 g/mol. The SMILES string of the molecule is CCS(=O)(=O)N1CC[C@H](Nc2c(Br)cnc3nc(-c4cc(C)n(-c5cc(C(C(N)=O)N6CCOCC6)ccc5C)c4C)[nH]c23)C1. The highest BCUT2D eigenvalue weighted by molar-refractivity contribution is 9.10. The van der Waals surface area contributed by atoms with Gasteiger partial charge in [-0.15, -0.1) is 0 Å². The van der Waals surface area contributed by atoms with Crippen molar-refractivity contribution in [2.45, 2.75) is 46.2 Å². The van der Waals surface area contributed by atoms with Gasteiger partial charge in [0.2, 0.25) is 15.9 Å². The van der Waals surface area contributed by atoms with Crippen LogP contribution in [0.3, 0.4) is 0 Å². The largest absolute Gasteiger partial charge is 0.379 e. The molecule has 14 heteroatoms. The first kappa shape index (κ1) is 31.7. The number of rotatable bonds is 9. The summed E-state index contributed by atoms with van der Waals surface area (Å²) < 4.78 is 34.8. The van der Waals surface area contributed by atoms with E-state index in [0.29, 0.717) is 57.3 Å². The lowest BCUT2D eigenvalue weighted by Crippen LogP contribution is -2.44. The number of anilines is 1. The Kier molecular flexibility index (Phi) is 8.78. The first-order valence-corrected chi connectivity index (χ1v) is 17.6. The van der Waals surface area contributed by atoms with Gasteiger partial charge in [0, 0.05) is 61.1 Å². The van der Waals surface area contributed by atoms with E-state index in [2.05, 4.69) is 73.6 Å². The normalized spacial score (nSPS) is 18.9. The molecule has 2 saturated heterocycles. The number of amides is 1. The molecule has 2 aliphatic rings. The molecule has 0 radical (unpaired) electrons. The van der Waals surface area contributed by atoms with Crippen molar-refractivity contribution in [2.75, 3.05) is 50.5 Å². The van der Waals surface area contributed by atoms with E-state index in [1.807, 2.05) is 12.1 Å². The maximum Gasteiger partial charge on any atom is 0.239 e. The fraction of sp³-hybridized carbons (Fsp3) is 0.452. The molecule has 4 N–H and O–H groups in total. The van der Waals surface area contributed by atoms with Gasteiger partial charge in [0.1, 0.15) is 17.4 Å². The maximum absolute atomic E-state index is 12.7. The molecular formula is C31H39BrN8O4S. The van der Waals surface area contributed by atoms with Gasteiger partial charge in [-0.1, -0.05) is 12.1 Å². The Labute approximate surface area is 271 Å². The number of sulfonamides is 1. The number of nitrogens with one attached hydrogen (secondary N) is 2. The number of H-pyrrole nitrogens is 1. The van der Waals surface area contributed by atoms with E-state index in [1.165, 1.54) is 0 Å². The van der Waals surface area contributed by atoms with Crippen molar-refractivity contribution in [1.82, 2.24) is 28.7 Å². The predicted molar refractivity (Wildman–Crippen MR) is 178 cm³/mol. The van der Waals surface area contributed by atoms with Crippen LogP contribution in [0.1, 0.15) is 41.9 Å². The van der Waals surface area contributed by atoms with Crippen molar-refractivity contribution in [2.24, 2.45) is 5.73 Å². The summed E-state index contributed by atoms with van der Waals surface area (Å²) >= 11 is 3.63. The van der Waals surface area contributed by atoms with Crippen LogP contribution in [-0.4, -0.2) is 94.2 Å². The number of imidazole rings is 1. The molecule has 0 aliphatic carbocycles. The summed E-state index contributed by atoms with van der Waals surface area (Å²) in [6.45, 7) is 11.2. The molecule has 240 valence electrons. The summed E-state index contributed by atoms with van der Waals surface area (Å²) in [6.07, 6.45) is 2.42. The highest BCUT2D eigenvalue weighted by Crippen LogP contribution is 2.36. The fourth-order valence-corrected chi connectivity index (χ4v) is 8.06. The quantitative estimate of drug-likeness (QED) is 0.239. The molecule has 45 heavy (non-hydrogen) atoms. The molecule has 1 amide bonds. The first-order valence-electron chi connectivity index (χ1n) is 15.2. The zero-order valence-electron chi connectivity index (χ0n) is 25.9. The summed E-state index contributed by atoms with van der Waals surface area (Å²) in [6, 6.07) is 7.60.